The lowest BCUT2D eigenvalue weighted by Gasteiger charge is -2.27. The van der Waals surface area contributed by atoms with E-state index in [0.717, 1.165) is 19.3 Å². The summed E-state index contributed by atoms with van der Waals surface area (Å²) in [5.74, 6) is -0.801. The maximum absolute atomic E-state index is 13.2. The van der Waals surface area contributed by atoms with Crippen molar-refractivity contribution in [2.45, 2.75) is 39.2 Å². The molecule has 0 aromatic heterocycles. The second-order valence-electron chi connectivity index (χ2n) is 9.04. The van der Waals surface area contributed by atoms with E-state index in [9.17, 15) is 19.8 Å². The Morgan fingerprint density at radius 2 is 1.75 bits per heavy atom. The number of rotatable bonds is 12. The van der Waals surface area contributed by atoms with Gasteiger partial charge in [0.1, 0.15) is 11.5 Å². The fourth-order valence-corrected chi connectivity index (χ4v) is 4.14. The summed E-state index contributed by atoms with van der Waals surface area (Å²) in [5.41, 5.74) is 0.977. The second kappa shape index (κ2) is 12.4. The highest BCUT2D eigenvalue weighted by molar-refractivity contribution is 6.46. The molecule has 0 saturated carbocycles. The van der Waals surface area contributed by atoms with Crippen molar-refractivity contribution in [1.82, 2.24) is 9.80 Å². The predicted octanol–water partition coefficient (Wildman–Crippen LogP) is 4.34. The zero-order valence-corrected chi connectivity index (χ0v) is 21.5. The molecule has 2 N–H and O–H groups in total. The maximum atomic E-state index is 13.2. The lowest BCUT2D eigenvalue weighted by molar-refractivity contribution is -0.140. The van der Waals surface area contributed by atoms with Gasteiger partial charge in [0.15, 0.2) is 11.5 Å². The third-order valence-corrected chi connectivity index (χ3v) is 6.07. The number of nitrogens with zero attached hydrogens (tertiary/aromatic N) is 2. The molecular formula is C28H36N2O6. The van der Waals surface area contributed by atoms with E-state index in [1.54, 1.807) is 43.3 Å². The van der Waals surface area contributed by atoms with Crippen LogP contribution < -0.4 is 9.47 Å². The zero-order valence-electron chi connectivity index (χ0n) is 21.5. The average molecular weight is 497 g/mol. The number of Topliss-reactive ketones (excluding diaryl/α,β-unsaturated/α-hetero) is 1. The first-order valence-corrected chi connectivity index (χ1v) is 12.4. The quantitative estimate of drug-likeness (QED) is 0.195. The van der Waals surface area contributed by atoms with Crippen molar-refractivity contribution in [3.8, 4) is 17.2 Å². The average Bonchev–Trinajstić information content (AvgIpc) is 3.11. The highest BCUT2D eigenvalue weighted by atomic mass is 16.5. The number of hydrogen-bond acceptors (Lipinski definition) is 7. The molecule has 2 aromatic rings. The first-order valence-electron chi connectivity index (χ1n) is 12.4. The molecule has 1 saturated heterocycles. The molecule has 194 valence electrons. The lowest BCUT2D eigenvalue weighted by Crippen LogP contribution is -2.35. The van der Waals surface area contributed by atoms with Crippen molar-refractivity contribution in [3.63, 3.8) is 0 Å². The second-order valence-corrected chi connectivity index (χ2v) is 9.04. The highest BCUT2D eigenvalue weighted by Crippen LogP contribution is 2.41. The highest BCUT2D eigenvalue weighted by Gasteiger charge is 2.46. The Hall–Kier alpha value is -3.52. The molecule has 36 heavy (non-hydrogen) atoms. The number of ketones is 1. The monoisotopic (exact) mass is 496 g/mol. The molecule has 1 amide bonds. The molecule has 1 aliphatic rings. The molecule has 8 nitrogen and oxygen atoms in total. The van der Waals surface area contributed by atoms with E-state index in [4.69, 9.17) is 9.47 Å². The topological polar surface area (TPSA) is 99.5 Å². The largest absolute Gasteiger partial charge is 0.507 e. The van der Waals surface area contributed by atoms with Crippen molar-refractivity contribution in [1.29, 1.82) is 0 Å². The van der Waals surface area contributed by atoms with Crippen LogP contribution >= 0.6 is 0 Å². The van der Waals surface area contributed by atoms with Gasteiger partial charge in [0.05, 0.1) is 24.8 Å². The van der Waals surface area contributed by atoms with E-state index in [-0.39, 0.29) is 29.4 Å². The number of likely N-dealkylation sites (tertiary alicyclic amines) is 1. The lowest BCUT2D eigenvalue weighted by atomic mass is 9.95. The van der Waals surface area contributed by atoms with Gasteiger partial charge in [-0.1, -0.05) is 25.8 Å². The Kier molecular flexibility index (Phi) is 9.36. The smallest absolute Gasteiger partial charge is 0.295 e. The van der Waals surface area contributed by atoms with Crippen molar-refractivity contribution in [3.05, 3.63) is 59.2 Å². The number of hydrogen-bond donors (Lipinski definition) is 2. The third-order valence-electron chi connectivity index (χ3n) is 6.07. The number of amides is 1. The standard InChI is InChI=1S/C28H36N2O6/c1-5-7-8-17-36-21-12-9-19(10-13-21)26(32)24-25(20-11-14-22(31)23(18-20)35-6-2)30(16-15-29(3)4)28(34)27(24)33/h9-14,18,25,31-32H,5-8,15-17H2,1-4H3/b26-24-. The summed E-state index contributed by atoms with van der Waals surface area (Å²) < 4.78 is 11.3. The Balaban J connectivity index is 2.01. The molecule has 8 heteroatoms. The van der Waals surface area contributed by atoms with Gasteiger partial charge in [-0.25, -0.2) is 0 Å². The van der Waals surface area contributed by atoms with Gasteiger partial charge in [0.25, 0.3) is 11.7 Å². The normalized spacial score (nSPS) is 17.1. The number of benzene rings is 2. The zero-order chi connectivity index (χ0) is 26.2. The van der Waals surface area contributed by atoms with E-state index in [1.807, 2.05) is 19.0 Å². The van der Waals surface area contributed by atoms with E-state index >= 15 is 0 Å². The van der Waals surface area contributed by atoms with Crippen molar-refractivity contribution < 1.29 is 29.3 Å². The molecule has 0 aliphatic carbocycles. The van der Waals surface area contributed by atoms with E-state index < -0.39 is 17.7 Å². The van der Waals surface area contributed by atoms with Crippen LogP contribution in [0.1, 0.15) is 50.3 Å². The summed E-state index contributed by atoms with van der Waals surface area (Å²) in [6, 6.07) is 10.7. The first kappa shape index (κ1) is 27.1. The van der Waals surface area contributed by atoms with Gasteiger partial charge in [0.2, 0.25) is 0 Å². The van der Waals surface area contributed by atoms with Crippen LogP contribution in [-0.2, 0) is 9.59 Å². The van der Waals surface area contributed by atoms with E-state index in [2.05, 4.69) is 6.92 Å². The minimum atomic E-state index is -0.824. The van der Waals surface area contributed by atoms with Gasteiger partial charge in [-0.05, 0) is 69.4 Å². The first-order chi connectivity index (χ1) is 17.3. The summed E-state index contributed by atoms with van der Waals surface area (Å²) in [5, 5.41) is 21.4. The van der Waals surface area contributed by atoms with Crippen LogP contribution in [0.5, 0.6) is 17.2 Å². The van der Waals surface area contributed by atoms with Gasteiger partial charge < -0.3 is 29.5 Å². The van der Waals surface area contributed by atoms with Crippen LogP contribution in [-0.4, -0.2) is 72.1 Å². The number of carbonyl (C=O) groups excluding carboxylic acids is 2. The molecule has 1 unspecified atom stereocenters. The van der Waals surface area contributed by atoms with Crippen molar-refractivity contribution in [2.24, 2.45) is 0 Å². The minimum Gasteiger partial charge on any atom is -0.507 e. The van der Waals surface area contributed by atoms with Gasteiger partial charge >= 0.3 is 0 Å². The number of aliphatic hydroxyl groups is 1. The molecule has 0 radical (unpaired) electrons. The molecule has 3 rings (SSSR count). The Bertz CT molecular complexity index is 1090. The molecule has 1 heterocycles. The Morgan fingerprint density at radius 3 is 2.39 bits per heavy atom. The number of likely N-dealkylation sites (N-methyl/N-ethyl adjacent to an activating group) is 1. The third kappa shape index (κ3) is 6.18. The molecule has 1 fully saturated rings. The number of aliphatic hydroxyl groups excluding tert-OH is 1. The van der Waals surface area contributed by atoms with Crippen LogP contribution in [0.2, 0.25) is 0 Å². The fourth-order valence-electron chi connectivity index (χ4n) is 4.14. The molecule has 2 aromatic carbocycles. The number of ether oxygens (including phenoxy) is 2. The van der Waals surface area contributed by atoms with Crippen molar-refractivity contribution in [2.75, 3.05) is 40.4 Å². The summed E-state index contributed by atoms with van der Waals surface area (Å²) in [6.07, 6.45) is 3.16. The summed E-state index contributed by atoms with van der Waals surface area (Å²) in [6.45, 7) is 5.69. The Labute approximate surface area is 212 Å². The van der Waals surface area contributed by atoms with E-state index in [0.29, 0.717) is 36.6 Å². The van der Waals surface area contributed by atoms with Crippen LogP contribution in [0.25, 0.3) is 5.76 Å². The minimum absolute atomic E-state index is 0.00325. The number of carbonyl (C=O) groups is 2. The Morgan fingerprint density at radius 1 is 1.03 bits per heavy atom. The van der Waals surface area contributed by atoms with Gasteiger partial charge in [0, 0.05) is 18.7 Å². The van der Waals surface area contributed by atoms with Crippen LogP contribution in [0.4, 0.5) is 0 Å². The van der Waals surface area contributed by atoms with Crippen LogP contribution in [0.15, 0.2) is 48.0 Å². The van der Waals surface area contributed by atoms with Crippen molar-refractivity contribution >= 4 is 17.4 Å². The SMILES string of the molecule is CCCCCOc1ccc(/C(O)=C2/C(=O)C(=O)N(CCN(C)C)C2c2ccc(O)c(OCC)c2)cc1. The number of phenols is 1. The number of phenolic OH excluding ortho intramolecular Hbond substituents is 1. The molecule has 1 aliphatic heterocycles. The van der Waals surface area contributed by atoms with Crippen LogP contribution in [0, 0.1) is 0 Å². The van der Waals surface area contributed by atoms with Crippen LogP contribution in [0.3, 0.4) is 0 Å². The molecular weight excluding hydrogens is 460 g/mol. The fraction of sp³-hybridized carbons (Fsp3) is 0.429. The van der Waals surface area contributed by atoms with Gasteiger partial charge in [-0.3, -0.25) is 9.59 Å². The maximum Gasteiger partial charge on any atom is 0.295 e. The summed E-state index contributed by atoms with van der Waals surface area (Å²) in [4.78, 5) is 29.6. The van der Waals surface area contributed by atoms with E-state index in [1.165, 1.54) is 11.0 Å². The molecule has 0 bridgehead atoms. The number of aromatic hydroxyl groups is 1. The predicted molar refractivity (Wildman–Crippen MR) is 138 cm³/mol. The summed E-state index contributed by atoms with van der Waals surface area (Å²) >= 11 is 0. The summed E-state index contributed by atoms with van der Waals surface area (Å²) in [7, 11) is 3.76. The number of unbranched alkanes of at least 4 members (excludes halogenated alkanes) is 2. The molecule has 1 atom stereocenters. The molecule has 0 spiro atoms. The van der Waals surface area contributed by atoms with Gasteiger partial charge in [-0.2, -0.15) is 0 Å². The van der Waals surface area contributed by atoms with Gasteiger partial charge in [-0.15, -0.1) is 0 Å².